The topological polar surface area (TPSA) is 65.7 Å². The molecule has 0 saturated carbocycles. The fraction of sp³-hybridized carbons (Fsp3) is 0.120. The van der Waals surface area contributed by atoms with Gasteiger partial charge in [-0.1, -0.05) is 34.8 Å². The molecule has 0 atom stereocenters. The fourth-order valence-electron chi connectivity index (χ4n) is 3.40. The Morgan fingerprint density at radius 2 is 1.58 bits per heavy atom. The molecule has 1 aromatic heterocycles. The molecule has 0 radical (unpaired) electrons. The van der Waals surface area contributed by atoms with Crippen LogP contribution in [0.3, 0.4) is 0 Å². The molecule has 36 heavy (non-hydrogen) atoms. The number of carbonyl (C=O) groups is 1. The van der Waals surface area contributed by atoms with E-state index in [1.807, 2.05) is 0 Å². The van der Waals surface area contributed by atoms with Crippen molar-refractivity contribution in [3.05, 3.63) is 96.3 Å². The number of esters is 1. The third kappa shape index (κ3) is 5.16. The lowest BCUT2D eigenvalue weighted by molar-refractivity contribution is -0.154. The summed E-state index contributed by atoms with van der Waals surface area (Å²) in [5.74, 6) is -3.75. The molecule has 1 heterocycles. The van der Waals surface area contributed by atoms with Crippen LogP contribution in [-0.4, -0.2) is 5.97 Å². The molecule has 0 saturated heterocycles. The van der Waals surface area contributed by atoms with Crippen molar-refractivity contribution in [3.8, 4) is 17.2 Å². The van der Waals surface area contributed by atoms with Gasteiger partial charge in [0.05, 0.1) is 16.0 Å². The van der Waals surface area contributed by atoms with Crippen molar-refractivity contribution in [3.63, 3.8) is 0 Å². The van der Waals surface area contributed by atoms with Gasteiger partial charge in [0, 0.05) is 16.1 Å². The Labute approximate surface area is 216 Å². The number of carbonyl (C=O) groups excluding carboxylic acids is 1. The minimum absolute atomic E-state index is 0.0167. The highest BCUT2D eigenvalue weighted by Gasteiger charge is 2.40. The number of benzene rings is 3. The van der Waals surface area contributed by atoms with Crippen molar-refractivity contribution >= 4 is 51.7 Å². The van der Waals surface area contributed by atoms with Gasteiger partial charge in [0.25, 0.3) is 5.76 Å². The molecule has 0 bridgehead atoms. The maximum Gasteiger partial charge on any atom is 0.453 e. The van der Waals surface area contributed by atoms with Gasteiger partial charge >= 0.3 is 12.1 Å². The second kappa shape index (κ2) is 9.69. The van der Waals surface area contributed by atoms with Gasteiger partial charge in [-0.05, 0) is 67.4 Å². The van der Waals surface area contributed by atoms with Crippen molar-refractivity contribution in [1.29, 1.82) is 0 Å². The van der Waals surface area contributed by atoms with E-state index in [1.165, 1.54) is 42.5 Å². The van der Waals surface area contributed by atoms with Gasteiger partial charge in [0.15, 0.2) is 0 Å². The number of rotatable bonds is 4. The summed E-state index contributed by atoms with van der Waals surface area (Å²) in [6.07, 6.45) is -5.07. The van der Waals surface area contributed by atoms with Crippen LogP contribution in [0.2, 0.25) is 15.1 Å². The van der Waals surface area contributed by atoms with Gasteiger partial charge in [-0.15, -0.1) is 0 Å². The van der Waals surface area contributed by atoms with Crippen molar-refractivity contribution in [2.24, 2.45) is 0 Å². The minimum atomic E-state index is -5.07. The van der Waals surface area contributed by atoms with E-state index in [9.17, 15) is 22.8 Å². The molecule has 0 fully saturated rings. The molecule has 4 rings (SSSR count). The zero-order valence-corrected chi connectivity index (χ0v) is 20.7. The zero-order chi connectivity index (χ0) is 26.4. The fourth-order valence-corrected chi connectivity index (χ4v) is 3.99. The van der Waals surface area contributed by atoms with Crippen LogP contribution in [0.4, 0.5) is 13.2 Å². The number of ether oxygens (including phenoxy) is 2. The average Bonchev–Trinajstić information content (AvgIpc) is 2.78. The van der Waals surface area contributed by atoms with Crippen molar-refractivity contribution in [1.82, 2.24) is 0 Å². The predicted molar refractivity (Wildman–Crippen MR) is 130 cm³/mol. The van der Waals surface area contributed by atoms with E-state index in [0.717, 1.165) is 6.07 Å². The summed E-state index contributed by atoms with van der Waals surface area (Å²) in [5.41, 5.74) is -0.436. The smallest absolute Gasteiger partial charge is 0.449 e. The summed E-state index contributed by atoms with van der Waals surface area (Å²) in [6.45, 7) is 3.30. The Bertz CT molecular complexity index is 1560. The molecule has 4 aromatic rings. The molecule has 0 amide bonds. The summed E-state index contributed by atoms with van der Waals surface area (Å²) in [4.78, 5) is 25.5. The van der Waals surface area contributed by atoms with Gasteiger partial charge < -0.3 is 13.9 Å². The van der Waals surface area contributed by atoms with Gasteiger partial charge in [-0.25, -0.2) is 4.79 Å². The van der Waals surface area contributed by atoms with Crippen LogP contribution in [0.15, 0.2) is 57.7 Å². The highest BCUT2D eigenvalue weighted by atomic mass is 35.5. The van der Waals surface area contributed by atoms with Crippen molar-refractivity contribution < 1.29 is 31.9 Å². The lowest BCUT2D eigenvalue weighted by atomic mass is 10.1. The molecule has 11 heteroatoms. The van der Waals surface area contributed by atoms with Gasteiger partial charge in [0.1, 0.15) is 17.1 Å². The average molecular weight is 558 g/mol. The quantitative estimate of drug-likeness (QED) is 0.186. The zero-order valence-electron chi connectivity index (χ0n) is 18.4. The number of hydrogen-bond donors (Lipinski definition) is 0. The molecular weight excluding hydrogens is 544 g/mol. The molecule has 0 unspecified atom stereocenters. The molecule has 0 aliphatic carbocycles. The lowest BCUT2D eigenvalue weighted by Crippen LogP contribution is -2.16. The minimum Gasteiger partial charge on any atom is -0.449 e. The molecule has 3 aromatic carbocycles. The summed E-state index contributed by atoms with van der Waals surface area (Å²) >= 11 is 17.9. The summed E-state index contributed by atoms with van der Waals surface area (Å²) < 4.78 is 57.2. The summed E-state index contributed by atoms with van der Waals surface area (Å²) in [5, 5.41) is 0.523. The number of halogens is 6. The SMILES string of the molecule is Cc1cc(Oc2c(C(F)(F)F)oc3cc(OC(=O)c4ccc(Cl)cc4Cl)ccc3c2=O)cc(C)c1Cl. The molecular formula is C25H14Cl3F3O5. The van der Waals surface area contributed by atoms with E-state index in [0.29, 0.717) is 21.2 Å². The maximum atomic E-state index is 13.8. The largest absolute Gasteiger partial charge is 0.453 e. The highest BCUT2D eigenvalue weighted by Crippen LogP contribution is 2.39. The molecule has 0 N–H and O–H groups in total. The number of fused-ring (bicyclic) bond motifs is 1. The van der Waals surface area contributed by atoms with E-state index in [1.54, 1.807) is 13.8 Å². The Kier molecular flexibility index (Phi) is 6.96. The van der Waals surface area contributed by atoms with Gasteiger partial charge in [0.2, 0.25) is 11.2 Å². The lowest BCUT2D eigenvalue weighted by Gasteiger charge is -2.15. The molecule has 5 nitrogen and oxygen atoms in total. The second-order valence-electron chi connectivity index (χ2n) is 7.73. The summed E-state index contributed by atoms with van der Waals surface area (Å²) in [6, 6.07) is 10.3. The number of aryl methyl sites for hydroxylation is 2. The van der Waals surface area contributed by atoms with Gasteiger partial charge in [-0.3, -0.25) is 4.79 Å². The van der Waals surface area contributed by atoms with Gasteiger partial charge in [-0.2, -0.15) is 13.2 Å². The Balaban J connectivity index is 1.77. The van der Waals surface area contributed by atoms with Crippen LogP contribution < -0.4 is 14.9 Å². The first-order valence-electron chi connectivity index (χ1n) is 10.1. The monoisotopic (exact) mass is 556 g/mol. The van der Waals surface area contributed by atoms with E-state index in [-0.39, 0.29) is 27.5 Å². The first-order chi connectivity index (χ1) is 16.8. The van der Waals surface area contributed by atoms with Crippen molar-refractivity contribution in [2.45, 2.75) is 20.0 Å². The molecule has 0 aliphatic rings. The second-order valence-corrected chi connectivity index (χ2v) is 8.95. The number of alkyl halides is 3. The van der Waals surface area contributed by atoms with Crippen molar-refractivity contribution in [2.75, 3.05) is 0 Å². The summed E-state index contributed by atoms with van der Waals surface area (Å²) in [7, 11) is 0. The van der Waals surface area contributed by atoms with Crippen LogP contribution in [0.1, 0.15) is 27.2 Å². The first-order valence-corrected chi connectivity index (χ1v) is 11.3. The van der Waals surface area contributed by atoms with Crippen LogP contribution in [0.25, 0.3) is 11.0 Å². The Morgan fingerprint density at radius 1 is 0.917 bits per heavy atom. The van der Waals surface area contributed by atoms with Crippen LogP contribution in [-0.2, 0) is 6.18 Å². The first kappa shape index (κ1) is 25.9. The number of hydrogen-bond acceptors (Lipinski definition) is 5. The van der Waals surface area contributed by atoms with E-state index >= 15 is 0 Å². The molecule has 0 aliphatic heterocycles. The third-order valence-corrected chi connectivity index (χ3v) is 6.22. The van der Waals surface area contributed by atoms with Crippen LogP contribution in [0, 0.1) is 13.8 Å². The van der Waals surface area contributed by atoms with E-state index in [4.69, 9.17) is 48.7 Å². The molecule has 186 valence electrons. The third-order valence-electron chi connectivity index (χ3n) is 5.07. The Morgan fingerprint density at radius 3 is 2.19 bits per heavy atom. The maximum absolute atomic E-state index is 13.8. The molecule has 0 spiro atoms. The van der Waals surface area contributed by atoms with Crippen LogP contribution in [0.5, 0.6) is 17.2 Å². The Hall–Kier alpha value is -3.20. The standard InChI is InChI=1S/C25H14Cl3F3O5/c1-11-7-15(8-12(2)20(11)28)34-22-21(32)17-6-4-14(10-19(17)36-23(22)25(29,30)31)35-24(33)16-5-3-13(26)9-18(16)27/h3-10H,1-2H3. The van der Waals surface area contributed by atoms with E-state index < -0.39 is 34.7 Å². The predicted octanol–water partition coefficient (Wildman–Crippen LogP) is 8.40. The van der Waals surface area contributed by atoms with E-state index in [2.05, 4.69) is 0 Å². The van der Waals surface area contributed by atoms with Crippen LogP contribution >= 0.6 is 34.8 Å². The normalized spacial score (nSPS) is 11.6. The highest BCUT2D eigenvalue weighted by molar-refractivity contribution is 6.36.